The fourth-order valence-corrected chi connectivity index (χ4v) is 4.75. The molecule has 1 saturated heterocycles. The lowest BCUT2D eigenvalue weighted by atomic mass is 9.92. The summed E-state index contributed by atoms with van der Waals surface area (Å²) in [4.78, 5) is 27.3. The molecule has 5 rings (SSSR count). The number of rotatable bonds is 4. The first-order valence-electron chi connectivity index (χ1n) is 12.1. The molecule has 1 atom stereocenters. The highest BCUT2D eigenvalue weighted by molar-refractivity contribution is 5.97. The maximum absolute atomic E-state index is 13.6. The summed E-state index contributed by atoms with van der Waals surface area (Å²) in [5.41, 5.74) is 3.85. The molecule has 6 nitrogen and oxygen atoms in total. The van der Waals surface area contributed by atoms with Crippen molar-refractivity contribution in [3.63, 3.8) is 0 Å². The Bertz CT molecular complexity index is 1510. The van der Waals surface area contributed by atoms with E-state index in [0.29, 0.717) is 25.2 Å². The number of aromatic nitrogens is 3. The Labute approximate surface area is 224 Å². The van der Waals surface area contributed by atoms with Crippen LogP contribution in [0.15, 0.2) is 73.3 Å². The van der Waals surface area contributed by atoms with Crippen molar-refractivity contribution >= 4 is 11.7 Å². The largest absolute Gasteiger partial charge is 0.416 e. The molecule has 4 aromatic rings. The van der Waals surface area contributed by atoms with Gasteiger partial charge in [0.1, 0.15) is 5.82 Å². The summed E-state index contributed by atoms with van der Waals surface area (Å²) in [6, 6.07) is 9.21. The van der Waals surface area contributed by atoms with Gasteiger partial charge in [-0.05, 0) is 59.5 Å². The van der Waals surface area contributed by atoms with Crippen molar-refractivity contribution in [1.82, 2.24) is 19.9 Å². The average molecular weight is 557 g/mol. The minimum atomic E-state index is -5.02. The molecule has 0 saturated carbocycles. The number of nitrogens with zero attached hydrogens (tertiary/aromatic N) is 4. The second kappa shape index (κ2) is 10.2. The van der Waals surface area contributed by atoms with E-state index in [1.54, 1.807) is 17.3 Å². The zero-order valence-corrected chi connectivity index (χ0v) is 20.7. The van der Waals surface area contributed by atoms with Gasteiger partial charge in [0.15, 0.2) is 0 Å². The van der Waals surface area contributed by atoms with E-state index in [2.05, 4.69) is 15.0 Å². The van der Waals surface area contributed by atoms with E-state index < -0.39 is 23.5 Å². The van der Waals surface area contributed by atoms with E-state index in [-0.39, 0.29) is 51.7 Å². The van der Waals surface area contributed by atoms with Gasteiger partial charge in [-0.25, -0.2) is 4.98 Å². The number of carbonyl (C=O) groups is 1. The fraction of sp³-hybridized carbons (Fsp3) is 0.214. The summed E-state index contributed by atoms with van der Waals surface area (Å²) in [5.74, 6) is -0.178. The normalized spacial score (nSPS) is 15.8. The highest BCUT2D eigenvalue weighted by Gasteiger charge is 2.37. The van der Waals surface area contributed by atoms with E-state index >= 15 is 0 Å². The third-order valence-electron chi connectivity index (χ3n) is 6.74. The molecule has 0 aliphatic carbocycles. The summed E-state index contributed by atoms with van der Waals surface area (Å²) < 4.78 is 81.4. The summed E-state index contributed by atoms with van der Waals surface area (Å²) in [5, 5.41) is 0. The number of benzene rings is 2. The van der Waals surface area contributed by atoms with Gasteiger partial charge in [-0.2, -0.15) is 26.3 Å². The number of carbonyl (C=O) groups excluding carboxylic acids is 1. The van der Waals surface area contributed by atoms with Crippen LogP contribution in [-0.4, -0.2) is 38.8 Å². The fourth-order valence-electron chi connectivity index (χ4n) is 4.75. The van der Waals surface area contributed by atoms with Crippen LogP contribution in [0.25, 0.3) is 22.4 Å². The molecule has 1 fully saturated rings. The number of hydrogen-bond donors (Lipinski definition) is 1. The molecule has 0 radical (unpaired) electrons. The van der Waals surface area contributed by atoms with E-state index in [1.165, 1.54) is 30.6 Å². The first-order valence-corrected chi connectivity index (χ1v) is 12.1. The second-order valence-corrected chi connectivity index (χ2v) is 9.40. The molecule has 12 heteroatoms. The van der Waals surface area contributed by atoms with Crippen LogP contribution < -0.4 is 5.73 Å². The van der Waals surface area contributed by atoms with Gasteiger partial charge in [-0.15, -0.1) is 0 Å². The van der Waals surface area contributed by atoms with Crippen LogP contribution in [0, 0.1) is 0 Å². The zero-order valence-electron chi connectivity index (χ0n) is 20.7. The Morgan fingerprint density at radius 1 is 0.875 bits per heavy atom. The van der Waals surface area contributed by atoms with Crippen molar-refractivity contribution in [2.24, 2.45) is 0 Å². The first kappa shape index (κ1) is 27.1. The number of nitrogen functional groups attached to an aromatic ring is 1. The lowest BCUT2D eigenvalue weighted by Crippen LogP contribution is -2.28. The van der Waals surface area contributed by atoms with Crippen LogP contribution in [0.4, 0.5) is 32.2 Å². The van der Waals surface area contributed by atoms with Crippen LogP contribution in [0.2, 0.25) is 0 Å². The number of hydrogen-bond acceptors (Lipinski definition) is 5. The molecule has 1 amide bonds. The van der Waals surface area contributed by atoms with Gasteiger partial charge in [0, 0.05) is 42.5 Å². The van der Waals surface area contributed by atoms with Crippen molar-refractivity contribution in [2.75, 3.05) is 18.8 Å². The number of nitrogens with two attached hydrogens (primary N) is 1. The summed E-state index contributed by atoms with van der Waals surface area (Å²) in [6.45, 7) is 0.908. The Morgan fingerprint density at radius 2 is 1.60 bits per heavy atom. The van der Waals surface area contributed by atoms with Gasteiger partial charge in [0.2, 0.25) is 0 Å². The van der Waals surface area contributed by atoms with Crippen molar-refractivity contribution in [2.45, 2.75) is 24.7 Å². The second-order valence-electron chi connectivity index (χ2n) is 9.40. The first-order chi connectivity index (χ1) is 18.9. The SMILES string of the molecule is Nc1cnc(-c2cc(C(=O)N3CCC(c4cccnc4)C3)ccc2-c2cc(C(F)(F)F)cc(C(F)(F)F)c2)cn1. The lowest BCUT2D eigenvalue weighted by molar-refractivity contribution is -0.143. The maximum atomic E-state index is 13.6. The van der Waals surface area contributed by atoms with E-state index in [9.17, 15) is 31.1 Å². The molecule has 40 heavy (non-hydrogen) atoms. The van der Waals surface area contributed by atoms with E-state index in [0.717, 1.165) is 12.0 Å². The number of likely N-dealkylation sites (tertiary alicyclic amines) is 1. The quantitative estimate of drug-likeness (QED) is 0.292. The molecular weight excluding hydrogens is 536 g/mol. The highest BCUT2D eigenvalue weighted by atomic mass is 19.4. The molecule has 0 spiro atoms. The van der Waals surface area contributed by atoms with Crippen molar-refractivity contribution in [3.05, 3.63) is 95.6 Å². The average Bonchev–Trinajstić information content (AvgIpc) is 3.42. The van der Waals surface area contributed by atoms with Crippen LogP contribution in [-0.2, 0) is 12.4 Å². The number of alkyl halides is 6. The molecule has 1 aliphatic heterocycles. The highest BCUT2D eigenvalue weighted by Crippen LogP contribution is 2.41. The van der Waals surface area contributed by atoms with Crippen molar-refractivity contribution < 1.29 is 31.1 Å². The van der Waals surface area contributed by atoms with Gasteiger partial charge in [-0.1, -0.05) is 12.1 Å². The Balaban J connectivity index is 1.58. The van der Waals surface area contributed by atoms with E-state index in [1.807, 2.05) is 12.1 Å². The molecule has 2 aromatic heterocycles. The summed E-state index contributed by atoms with van der Waals surface area (Å²) in [6.07, 6.45) is -3.46. The standard InChI is InChI=1S/C28H21F6N5O/c29-27(30,31)20-8-19(9-21(11-20)28(32,33)34)22-4-3-16(10-23(22)24-13-38-25(35)14-37-24)26(40)39-7-5-18(15-39)17-2-1-6-36-12-17/h1-4,6,8-14,18H,5,7,15H2,(H2,35,38). The smallest absolute Gasteiger partial charge is 0.382 e. The van der Waals surface area contributed by atoms with Gasteiger partial charge in [-0.3, -0.25) is 14.8 Å². The minimum absolute atomic E-state index is 0.0156. The van der Waals surface area contributed by atoms with Crippen molar-refractivity contribution in [1.29, 1.82) is 0 Å². The molecule has 2 aromatic carbocycles. The number of amides is 1. The maximum Gasteiger partial charge on any atom is 0.416 e. The third kappa shape index (κ3) is 5.61. The number of pyridine rings is 1. The monoisotopic (exact) mass is 557 g/mol. The molecule has 0 bridgehead atoms. The summed E-state index contributed by atoms with van der Waals surface area (Å²) >= 11 is 0. The van der Waals surface area contributed by atoms with Gasteiger partial charge >= 0.3 is 12.4 Å². The molecule has 3 heterocycles. The lowest BCUT2D eigenvalue weighted by Gasteiger charge is -2.19. The predicted molar refractivity (Wildman–Crippen MR) is 135 cm³/mol. The Morgan fingerprint density at radius 3 is 2.20 bits per heavy atom. The minimum Gasteiger partial charge on any atom is -0.382 e. The van der Waals surface area contributed by atoms with Crippen LogP contribution in [0.3, 0.4) is 0 Å². The van der Waals surface area contributed by atoms with Crippen LogP contribution in [0.5, 0.6) is 0 Å². The van der Waals surface area contributed by atoms with Crippen LogP contribution in [0.1, 0.15) is 39.4 Å². The van der Waals surface area contributed by atoms with Gasteiger partial charge < -0.3 is 10.6 Å². The molecular formula is C28H21F6N5O. The van der Waals surface area contributed by atoms with E-state index in [4.69, 9.17) is 5.73 Å². The topological polar surface area (TPSA) is 85.0 Å². The number of halogens is 6. The third-order valence-corrected chi connectivity index (χ3v) is 6.74. The van der Waals surface area contributed by atoms with Crippen LogP contribution >= 0.6 is 0 Å². The molecule has 2 N–H and O–H groups in total. The summed E-state index contributed by atoms with van der Waals surface area (Å²) in [7, 11) is 0. The zero-order chi connectivity index (χ0) is 28.7. The van der Waals surface area contributed by atoms with Gasteiger partial charge in [0.25, 0.3) is 5.91 Å². The van der Waals surface area contributed by atoms with Gasteiger partial charge in [0.05, 0.1) is 29.2 Å². The predicted octanol–water partition coefficient (Wildman–Crippen LogP) is 6.46. The van der Waals surface area contributed by atoms with Crippen molar-refractivity contribution in [3.8, 4) is 22.4 Å². The molecule has 206 valence electrons. The number of anilines is 1. The Kier molecular flexibility index (Phi) is 6.94. The molecule has 1 unspecified atom stereocenters. The molecule has 1 aliphatic rings. The Hall–Kier alpha value is -4.48.